The average molecular weight is 273 g/mol. The van der Waals surface area contributed by atoms with Crippen molar-refractivity contribution in [3.8, 4) is 5.75 Å². The fourth-order valence-electron chi connectivity index (χ4n) is 1.86. The Morgan fingerprint density at radius 2 is 2.20 bits per heavy atom. The number of rotatable bonds is 5. The van der Waals surface area contributed by atoms with Gasteiger partial charge in [-0.1, -0.05) is 6.07 Å². The molecule has 0 spiro atoms. The maximum atomic E-state index is 10.7. The molecule has 2 aromatic rings. The minimum atomic E-state index is -0.448. The van der Waals surface area contributed by atoms with E-state index in [1.807, 2.05) is 19.1 Å². The summed E-state index contributed by atoms with van der Waals surface area (Å²) in [6.45, 7) is 1.98. The number of benzene rings is 1. The first kappa shape index (κ1) is 13.8. The molecule has 2 rings (SSSR count). The second-order valence-corrected chi connectivity index (χ2v) is 4.29. The normalized spacial score (nSPS) is 11.7. The van der Waals surface area contributed by atoms with Crippen LogP contribution in [-0.4, -0.2) is 17.0 Å². The number of methoxy groups -OCH3 is 1. The summed E-state index contributed by atoms with van der Waals surface area (Å²) < 4.78 is 5.19. The predicted molar refractivity (Wildman–Crippen MR) is 75.9 cm³/mol. The van der Waals surface area contributed by atoms with Crippen molar-refractivity contribution < 1.29 is 9.66 Å². The maximum Gasteiger partial charge on any atom is 0.273 e. The third-order valence-electron chi connectivity index (χ3n) is 2.95. The van der Waals surface area contributed by atoms with Crippen LogP contribution in [0.4, 0.5) is 11.4 Å². The Labute approximate surface area is 116 Å². The van der Waals surface area contributed by atoms with E-state index < -0.39 is 4.92 Å². The van der Waals surface area contributed by atoms with E-state index >= 15 is 0 Å². The van der Waals surface area contributed by atoms with E-state index in [0.717, 1.165) is 5.56 Å². The van der Waals surface area contributed by atoms with Crippen LogP contribution in [-0.2, 0) is 0 Å². The highest BCUT2D eigenvalue weighted by atomic mass is 16.6. The van der Waals surface area contributed by atoms with E-state index in [4.69, 9.17) is 4.74 Å². The Hall–Kier alpha value is -2.63. The lowest BCUT2D eigenvalue weighted by Crippen LogP contribution is -2.08. The molecule has 1 atom stereocenters. The van der Waals surface area contributed by atoms with Gasteiger partial charge in [-0.25, -0.2) is 0 Å². The van der Waals surface area contributed by atoms with Crippen molar-refractivity contribution in [1.29, 1.82) is 0 Å². The van der Waals surface area contributed by atoms with Gasteiger partial charge in [-0.05, 0) is 24.6 Å². The average Bonchev–Trinajstić information content (AvgIpc) is 2.48. The fraction of sp³-hybridized carbons (Fsp3) is 0.214. The molecule has 0 radical (unpaired) electrons. The lowest BCUT2D eigenvalue weighted by molar-refractivity contribution is -0.384. The topological polar surface area (TPSA) is 77.3 Å². The van der Waals surface area contributed by atoms with Crippen molar-refractivity contribution in [1.82, 2.24) is 4.98 Å². The second kappa shape index (κ2) is 6.01. The summed E-state index contributed by atoms with van der Waals surface area (Å²) in [4.78, 5) is 14.4. The van der Waals surface area contributed by atoms with Crippen LogP contribution in [0.5, 0.6) is 5.75 Å². The summed E-state index contributed by atoms with van der Waals surface area (Å²) in [5.41, 5.74) is 1.73. The highest BCUT2D eigenvalue weighted by Crippen LogP contribution is 2.31. The third-order valence-corrected chi connectivity index (χ3v) is 2.95. The van der Waals surface area contributed by atoms with Crippen LogP contribution in [0, 0.1) is 10.1 Å². The van der Waals surface area contributed by atoms with Gasteiger partial charge >= 0.3 is 0 Å². The van der Waals surface area contributed by atoms with Gasteiger partial charge in [0.15, 0.2) is 0 Å². The predicted octanol–water partition coefficient (Wildman–Crippen LogP) is 3.17. The minimum absolute atomic E-state index is 0.00132. The molecular weight excluding hydrogens is 258 g/mol. The molecule has 104 valence electrons. The van der Waals surface area contributed by atoms with Crippen LogP contribution in [0.25, 0.3) is 0 Å². The third kappa shape index (κ3) is 3.03. The molecule has 0 aliphatic rings. The first-order chi connectivity index (χ1) is 9.61. The highest BCUT2D eigenvalue weighted by molar-refractivity contribution is 5.61. The van der Waals surface area contributed by atoms with Gasteiger partial charge in [-0.2, -0.15) is 0 Å². The molecule has 20 heavy (non-hydrogen) atoms. The molecule has 1 N–H and O–H groups in total. The zero-order chi connectivity index (χ0) is 14.5. The SMILES string of the molecule is COc1cc([N+](=O)[O-])ccc1NC(C)c1cccnc1. The van der Waals surface area contributed by atoms with Gasteiger partial charge < -0.3 is 10.1 Å². The quantitative estimate of drug-likeness (QED) is 0.668. The number of nitro groups is 1. The van der Waals surface area contributed by atoms with Gasteiger partial charge in [0.25, 0.3) is 5.69 Å². The molecular formula is C14H15N3O3. The number of aromatic nitrogens is 1. The van der Waals surface area contributed by atoms with Crippen molar-refractivity contribution in [2.75, 3.05) is 12.4 Å². The number of nitrogens with zero attached hydrogens (tertiary/aromatic N) is 2. The molecule has 0 fully saturated rings. The van der Waals surface area contributed by atoms with E-state index in [1.165, 1.54) is 19.2 Å². The zero-order valence-electron chi connectivity index (χ0n) is 11.2. The van der Waals surface area contributed by atoms with E-state index in [0.29, 0.717) is 11.4 Å². The molecule has 6 nitrogen and oxygen atoms in total. The Morgan fingerprint density at radius 3 is 2.80 bits per heavy atom. The number of hydrogen-bond donors (Lipinski definition) is 1. The van der Waals surface area contributed by atoms with Crippen LogP contribution in [0.1, 0.15) is 18.5 Å². The largest absolute Gasteiger partial charge is 0.494 e. The number of nitro benzene ring substituents is 1. The number of non-ortho nitro benzene ring substituents is 1. The Balaban J connectivity index is 2.23. The van der Waals surface area contributed by atoms with Gasteiger partial charge in [0.05, 0.1) is 29.8 Å². The van der Waals surface area contributed by atoms with Crippen LogP contribution < -0.4 is 10.1 Å². The van der Waals surface area contributed by atoms with Crippen LogP contribution >= 0.6 is 0 Å². The second-order valence-electron chi connectivity index (χ2n) is 4.29. The highest BCUT2D eigenvalue weighted by Gasteiger charge is 2.13. The molecule has 6 heteroatoms. The summed E-state index contributed by atoms with van der Waals surface area (Å²) in [7, 11) is 1.49. The summed E-state index contributed by atoms with van der Waals surface area (Å²) in [6.07, 6.45) is 3.48. The fourth-order valence-corrected chi connectivity index (χ4v) is 1.86. The van der Waals surface area contributed by atoms with Gasteiger partial charge in [0, 0.05) is 18.5 Å². The van der Waals surface area contributed by atoms with Crippen molar-refractivity contribution in [2.45, 2.75) is 13.0 Å². The molecule has 1 unspecified atom stereocenters. The molecule has 0 amide bonds. The van der Waals surface area contributed by atoms with Gasteiger partial charge in [-0.3, -0.25) is 15.1 Å². The van der Waals surface area contributed by atoms with Gasteiger partial charge in [0.1, 0.15) is 5.75 Å². The maximum absolute atomic E-state index is 10.7. The number of nitrogens with one attached hydrogen (secondary N) is 1. The minimum Gasteiger partial charge on any atom is -0.494 e. The van der Waals surface area contributed by atoms with Crippen LogP contribution in [0.15, 0.2) is 42.7 Å². The zero-order valence-corrected chi connectivity index (χ0v) is 11.2. The number of anilines is 1. The summed E-state index contributed by atoms with van der Waals surface area (Å²) >= 11 is 0. The Bertz CT molecular complexity index is 602. The molecule has 1 heterocycles. The van der Waals surface area contributed by atoms with Crippen LogP contribution in [0.2, 0.25) is 0 Å². The summed E-state index contributed by atoms with van der Waals surface area (Å²) in [5, 5.41) is 14.0. The molecule has 0 aliphatic carbocycles. The van der Waals surface area contributed by atoms with Crippen LogP contribution in [0.3, 0.4) is 0 Å². The number of pyridine rings is 1. The summed E-state index contributed by atoms with van der Waals surface area (Å²) in [6, 6.07) is 8.32. The first-order valence-corrected chi connectivity index (χ1v) is 6.10. The van der Waals surface area contributed by atoms with E-state index in [9.17, 15) is 10.1 Å². The standard InChI is InChI=1S/C14H15N3O3/c1-10(11-4-3-7-15-9-11)16-13-6-5-12(17(18)19)8-14(13)20-2/h3-10,16H,1-2H3. The molecule has 1 aromatic heterocycles. The first-order valence-electron chi connectivity index (χ1n) is 6.10. The lowest BCUT2D eigenvalue weighted by Gasteiger charge is -2.17. The van der Waals surface area contributed by atoms with Crippen molar-refractivity contribution >= 4 is 11.4 Å². The Morgan fingerprint density at radius 1 is 1.40 bits per heavy atom. The van der Waals surface area contributed by atoms with Crippen molar-refractivity contribution in [3.63, 3.8) is 0 Å². The van der Waals surface area contributed by atoms with Gasteiger partial charge in [-0.15, -0.1) is 0 Å². The smallest absolute Gasteiger partial charge is 0.273 e. The lowest BCUT2D eigenvalue weighted by atomic mass is 10.1. The molecule has 0 bridgehead atoms. The molecule has 0 saturated carbocycles. The van der Waals surface area contributed by atoms with Gasteiger partial charge in [0.2, 0.25) is 0 Å². The monoisotopic (exact) mass is 273 g/mol. The van der Waals surface area contributed by atoms with Crippen molar-refractivity contribution in [3.05, 3.63) is 58.4 Å². The summed E-state index contributed by atoms with van der Waals surface area (Å²) in [5.74, 6) is 0.440. The van der Waals surface area contributed by atoms with E-state index in [2.05, 4.69) is 10.3 Å². The number of hydrogen-bond acceptors (Lipinski definition) is 5. The number of ether oxygens (including phenoxy) is 1. The molecule has 0 aliphatic heterocycles. The Kier molecular flexibility index (Phi) is 4.14. The van der Waals surface area contributed by atoms with E-state index in [1.54, 1.807) is 18.5 Å². The molecule has 0 saturated heterocycles. The van der Waals surface area contributed by atoms with E-state index in [-0.39, 0.29) is 11.7 Å². The van der Waals surface area contributed by atoms with Crippen molar-refractivity contribution in [2.24, 2.45) is 0 Å². The molecule has 1 aromatic carbocycles.